The van der Waals surface area contributed by atoms with Crippen molar-refractivity contribution < 1.29 is 0 Å². The summed E-state index contributed by atoms with van der Waals surface area (Å²) in [6.07, 6.45) is 6.44. The molecule has 2 rings (SSSR count). The lowest BCUT2D eigenvalue weighted by molar-refractivity contribution is 0.540. The van der Waals surface area contributed by atoms with Crippen molar-refractivity contribution in [2.45, 2.75) is 51.9 Å². The van der Waals surface area contributed by atoms with E-state index in [2.05, 4.69) is 65.5 Å². The van der Waals surface area contributed by atoms with Gasteiger partial charge in [0, 0.05) is 14.9 Å². The van der Waals surface area contributed by atoms with E-state index in [1.54, 1.807) is 0 Å². The molecule has 1 aromatic heterocycles. The van der Waals surface area contributed by atoms with Gasteiger partial charge in [-0.05, 0) is 51.7 Å². The smallest absolute Gasteiger partial charge is 0.0354 e. The van der Waals surface area contributed by atoms with Crippen LogP contribution in [0.2, 0.25) is 0 Å². The van der Waals surface area contributed by atoms with Crippen LogP contribution < -0.4 is 0 Å². The lowest BCUT2D eigenvalue weighted by Crippen LogP contribution is -2.00. The zero-order valence-corrected chi connectivity index (χ0v) is 14.8. The third kappa shape index (κ3) is 3.73. The van der Waals surface area contributed by atoms with Gasteiger partial charge in [-0.1, -0.05) is 57.4 Å². The number of thiophene rings is 1. The predicted octanol–water partition coefficient (Wildman–Crippen LogP) is 7.25. The molecular weight excluding hydrogens is 328 g/mol. The highest BCUT2D eigenvalue weighted by Crippen LogP contribution is 2.39. The second kappa shape index (κ2) is 7.99. The van der Waals surface area contributed by atoms with E-state index < -0.39 is 0 Å². The Kier molecular flexibility index (Phi) is 6.31. The van der Waals surface area contributed by atoms with Crippen molar-refractivity contribution in [1.29, 1.82) is 0 Å². The maximum absolute atomic E-state index is 3.87. The van der Waals surface area contributed by atoms with Crippen molar-refractivity contribution in [2.24, 2.45) is 0 Å². The van der Waals surface area contributed by atoms with Gasteiger partial charge in [0.2, 0.25) is 0 Å². The van der Waals surface area contributed by atoms with Crippen LogP contribution in [0.3, 0.4) is 0 Å². The molecule has 0 N–H and O–H groups in total. The molecule has 0 fully saturated rings. The van der Waals surface area contributed by atoms with Crippen LogP contribution in [0.4, 0.5) is 0 Å². The van der Waals surface area contributed by atoms with Crippen molar-refractivity contribution in [3.05, 3.63) is 45.7 Å². The van der Waals surface area contributed by atoms with E-state index in [1.165, 1.54) is 52.6 Å². The molecule has 0 bridgehead atoms. The molecule has 0 aliphatic rings. The van der Waals surface area contributed by atoms with Crippen LogP contribution >= 0.6 is 27.3 Å². The summed E-state index contributed by atoms with van der Waals surface area (Å²) in [5.74, 6) is 0.689. The molecule has 0 nitrogen and oxygen atoms in total. The van der Waals surface area contributed by atoms with Crippen LogP contribution in [-0.4, -0.2) is 0 Å². The number of hydrogen-bond acceptors (Lipinski definition) is 1. The molecule has 1 unspecified atom stereocenters. The Morgan fingerprint density at radius 1 is 1.05 bits per heavy atom. The van der Waals surface area contributed by atoms with Crippen LogP contribution in [0.15, 0.2) is 40.2 Å². The minimum Gasteiger partial charge on any atom is -0.144 e. The Morgan fingerprint density at radius 2 is 1.90 bits per heavy atom. The average molecular weight is 351 g/mol. The minimum atomic E-state index is 0.689. The highest BCUT2D eigenvalue weighted by Gasteiger charge is 2.16. The van der Waals surface area contributed by atoms with Gasteiger partial charge in [0.15, 0.2) is 0 Å². The van der Waals surface area contributed by atoms with Crippen molar-refractivity contribution >= 4 is 27.3 Å². The van der Waals surface area contributed by atoms with Crippen LogP contribution in [0, 0.1) is 0 Å². The fourth-order valence-corrected chi connectivity index (χ4v) is 4.43. The number of unbranched alkanes of at least 4 members (excludes halogenated alkanes) is 1. The summed E-state index contributed by atoms with van der Waals surface area (Å²) in [4.78, 5) is 1.35. The molecule has 2 aromatic rings. The highest BCUT2D eigenvalue weighted by atomic mass is 79.9. The number of rotatable bonds is 7. The summed E-state index contributed by atoms with van der Waals surface area (Å²) in [7, 11) is 0. The van der Waals surface area contributed by atoms with Crippen molar-refractivity contribution in [2.75, 3.05) is 0 Å². The molecule has 0 aliphatic carbocycles. The zero-order valence-electron chi connectivity index (χ0n) is 12.4. The van der Waals surface area contributed by atoms with Gasteiger partial charge in [-0.25, -0.2) is 0 Å². The number of benzene rings is 1. The van der Waals surface area contributed by atoms with Gasteiger partial charge < -0.3 is 0 Å². The fourth-order valence-electron chi connectivity index (χ4n) is 2.74. The van der Waals surface area contributed by atoms with Crippen LogP contribution in [-0.2, 0) is 0 Å². The highest BCUT2D eigenvalue weighted by molar-refractivity contribution is 9.10. The predicted molar refractivity (Wildman–Crippen MR) is 94.6 cm³/mol. The molecule has 20 heavy (non-hydrogen) atoms. The molecule has 0 amide bonds. The van der Waals surface area contributed by atoms with Gasteiger partial charge in [0.05, 0.1) is 0 Å². The van der Waals surface area contributed by atoms with E-state index in [4.69, 9.17) is 0 Å². The first-order chi connectivity index (χ1) is 9.77. The summed E-state index contributed by atoms with van der Waals surface area (Å²) in [5, 5.41) is 2.15. The summed E-state index contributed by atoms with van der Waals surface area (Å²) in [5.41, 5.74) is 2.83. The third-order valence-corrected chi connectivity index (χ3v) is 5.59. The summed E-state index contributed by atoms with van der Waals surface area (Å²) >= 11 is 5.68. The molecule has 0 radical (unpaired) electrons. The number of halogens is 1. The topological polar surface area (TPSA) is 0 Å². The van der Waals surface area contributed by atoms with E-state index in [-0.39, 0.29) is 0 Å². The molecule has 0 spiro atoms. The normalized spacial score (nSPS) is 12.6. The van der Waals surface area contributed by atoms with E-state index in [1.807, 2.05) is 11.3 Å². The van der Waals surface area contributed by atoms with E-state index in [0.29, 0.717) is 5.92 Å². The van der Waals surface area contributed by atoms with Gasteiger partial charge in [0.25, 0.3) is 0 Å². The number of hydrogen-bond donors (Lipinski definition) is 0. The Morgan fingerprint density at radius 3 is 2.55 bits per heavy atom. The summed E-state index contributed by atoms with van der Waals surface area (Å²) < 4.78 is 1.30. The van der Waals surface area contributed by atoms with Gasteiger partial charge in [-0.2, -0.15) is 0 Å². The fraction of sp³-hybridized carbons (Fsp3) is 0.444. The molecule has 108 valence electrons. The van der Waals surface area contributed by atoms with Crippen LogP contribution in [0.1, 0.15) is 57.4 Å². The molecule has 1 heterocycles. The maximum Gasteiger partial charge on any atom is 0.0354 e. The largest absolute Gasteiger partial charge is 0.144 e. The summed E-state index contributed by atoms with van der Waals surface area (Å²) in [6, 6.07) is 11.1. The Balaban J connectivity index is 2.32. The molecule has 1 atom stereocenters. The maximum atomic E-state index is 3.87. The molecule has 0 aliphatic heterocycles. The lowest BCUT2D eigenvalue weighted by atomic mass is 9.88. The molecule has 2 heteroatoms. The van der Waals surface area contributed by atoms with Gasteiger partial charge in [-0.15, -0.1) is 11.3 Å². The Labute approximate surface area is 135 Å². The second-order valence-corrected chi connectivity index (χ2v) is 7.05. The third-order valence-electron chi connectivity index (χ3n) is 3.80. The first-order valence-corrected chi connectivity index (χ1v) is 9.27. The standard InChI is InChI=1S/C18H23BrS/c1-3-5-9-14(8-4-2)15-10-6-11-16(18(15)19)17-12-7-13-20-17/h6-7,10-14H,3-5,8-9H2,1-2H3. The van der Waals surface area contributed by atoms with E-state index in [9.17, 15) is 0 Å². The van der Waals surface area contributed by atoms with Gasteiger partial charge >= 0.3 is 0 Å². The van der Waals surface area contributed by atoms with Gasteiger partial charge in [-0.3, -0.25) is 0 Å². The van der Waals surface area contributed by atoms with Gasteiger partial charge in [0.1, 0.15) is 0 Å². The SMILES string of the molecule is CCCCC(CCC)c1cccc(-c2cccs2)c1Br. The second-order valence-electron chi connectivity index (χ2n) is 5.31. The van der Waals surface area contributed by atoms with Crippen molar-refractivity contribution in [3.8, 4) is 10.4 Å². The quantitative estimate of drug-likeness (QED) is 0.493. The first-order valence-electron chi connectivity index (χ1n) is 7.60. The lowest BCUT2D eigenvalue weighted by Gasteiger charge is -2.19. The van der Waals surface area contributed by atoms with Crippen molar-refractivity contribution in [1.82, 2.24) is 0 Å². The average Bonchev–Trinajstić information content (AvgIpc) is 2.98. The Bertz CT molecular complexity index is 516. The molecule has 1 aromatic carbocycles. The Hall–Kier alpha value is -0.600. The zero-order chi connectivity index (χ0) is 14.4. The van der Waals surface area contributed by atoms with Crippen LogP contribution in [0.25, 0.3) is 10.4 Å². The monoisotopic (exact) mass is 350 g/mol. The molecule has 0 saturated carbocycles. The minimum absolute atomic E-state index is 0.689. The van der Waals surface area contributed by atoms with E-state index >= 15 is 0 Å². The summed E-state index contributed by atoms with van der Waals surface area (Å²) in [6.45, 7) is 4.57. The van der Waals surface area contributed by atoms with E-state index in [0.717, 1.165) is 0 Å². The van der Waals surface area contributed by atoms with Crippen molar-refractivity contribution in [3.63, 3.8) is 0 Å². The molecular formula is C18H23BrS. The first kappa shape index (κ1) is 15.8. The molecule has 0 saturated heterocycles. The van der Waals surface area contributed by atoms with Crippen LogP contribution in [0.5, 0.6) is 0 Å².